The average Bonchev–Trinajstić information content (AvgIpc) is 3.01. The molecule has 0 amide bonds. The zero-order chi connectivity index (χ0) is 16.4. The van der Waals surface area contributed by atoms with Crippen LogP contribution >= 0.6 is 0 Å². The summed E-state index contributed by atoms with van der Waals surface area (Å²) in [7, 11) is 4.45. The van der Waals surface area contributed by atoms with Gasteiger partial charge < -0.3 is 15.1 Å². The second-order valence-electron chi connectivity index (χ2n) is 8.93. The van der Waals surface area contributed by atoms with Crippen LogP contribution in [0, 0.1) is 0 Å². The molecule has 4 heteroatoms. The topological polar surface area (TPSA) is 21.8 Å². The summed E-state index contributed by atoms with van der Waals surface area (Å²) in [5, 5.41) is 3.93. The Labute approximate surface area is 143 Å². The van der Waals surface area contributed by atoms with Crippen molar-refractivity contribution in [1.82, 2.24) is 20.0 Å². The molecule has 0 aromatic carbocycles. The summed E-state index contributed by atoms with van der Waals surface area (Å²) in [6.45, 7) is 11.2. The van der Waals surface area contributed by atoms with E-state index >= 15 is 0 Å². The molecule has 134 valence electrons. The molecule has 1 N–H and O–H groups in total. The Hall–Kier alpha value is -0.160. The number of fused-ring (bicyclic) bond motifs is 1. The zero-order valence-corrected chi connectivity index (χ0v) is 15.9. The molecule has 0 spiro atoms. The predicted molar refractivity (Wildman–Crippen MR) is 98.0 cm³/mol. The molecule has 3 aliphatic rings. The molecular formula is C19H38N4. The van der Waals surface area contributed by atoms with Crippen LogP contribution in [0.1, 0.15) is 52.4 Å². The molecule has 3 heterocycles. The second kappa shape index (κ2) is 7.38. The van der Waals surface area contributed by atoms with E-state index in [9.17, 15) is 0 Å². The Morgan fingerprint density at radius 2 is 1.74 bits per heavy atom. The number of likely N-dealkylation sites (tertiary alicyclic amines) is 1. The van der Waals surface area contributed by atoms with Gasteiger partial charge in [0, 0.05) is 43.3 Å². The van der Waals surface area contributed by atoms with Gasteiger partial charge in [0.2, 0.25) is 0 Å². The molecule has 0 aromatic rings. The fourth-order valence-electron chi connectivity index (χ4n) is 4.90. The van der Waals surface area contributed by atoms with Gasteiger partial charge >= 0.3 is 0 Å². The minimum absolute atomic E-state index is 0.282. The highest BCUT2D eigenvalue weighted by Crippen LogP contribution is 2.28. The van der Waals surface area contributed by atoms with Crippen LogP contribution in [0.4, 0.5) is 0 Å². The van der Waals surface area contributed by atoms with E-state index in [-0.39, 0.29) is 5.54 Å². The van der Waals surface area contributed by atoms with Gasteiger partial charge in [-0.05, 0) is 79.6 Å². The average molecular weight is 323 g/mol. The quantitative estimate of drug-likeness (QED) is 0.836. The van der Waals surface area contributed by atoms with E-state index < -0.39 is 0 Å². The van der Waals surface area contributed by atoms with Crippen LogP contribution in [-0.4, -0.2) is 85.2 Å². The monoisotopic (exact) mass is 322 g/mol. The molecule has 3 fully saturated rings. The van der Waals surface area contributed by atoms with Crippen LogP contribution in [0.25, 0.3) is 0 Å². The molecule has 0 radical (unpaired) electrons. The van der Waals surface area contributed by atoms with Gasteiger partial charge in [0.15, 0.2) is 0 Å². The van der Waals surface area contributed by atoms with Gasteiger partial charge in [-0.25, -0.2) is 0 Å². The van der Waals surface area contributed by atoms with E-state index in [1.54, 1.807) is 0 Å². The molecule has 3 saturated heterocycles. The molecule has 3 rings (SSSR count). The summed E-state index contributed by atoms with van der Waals surface area (Å²) < 4.78 is 0. The van der Waals surface area contributed by atoms with Crippen molar-refractivity contribution in [3.63, 3.8) is 0 Å². The van der Waals surface area contributed by atoms with Gasteiger partial charge in [-0.2, -0.15) is 0 Å². The number of piperidine rings is 2. The molecule has 4 nitrogen and oxygen atoms in total. The molecule has 2 unspecified atom stereocenters. The fraction of sp³-hybridized carbons (Fsp3) is 1.00. The van der Waals surface area contributed by atoms with Crippen LogP contribution in [0.5, 0.6) is 0 Å². The van der Waals surface area contributed by atoms with Crippen molar-refractivity contribution >= 4 is 0 Å². The summed E-state index contributed by atoms with van der Waals surface area (Å²) in [6.07, 6.45) is 8.20. The third kappa shape index (κ3) is 4.28. The van der Waals surface area contributed by atoms with Gasteiger partial charge in [-0.1, -0.05) is 0 Å². The van der Waals surface area contributed by atoms with Crippen LogP contribution in [-0.2, 0) is 0 Å². The maximum absolute atomic E-state index is 3.93. The number of nitrogens with one attached hydrogen (secondary N) is 1. The molecule has 0 bridgehead atoms. The van der Waals surface area contributed by atoms with Crippen molar-refractivity contribution in [2.24, 2.45) is 0 Å². The smallest absolute Gasteiger partial charge is 0.0277 e. The SMILES string of the molecule is CN(C)C1CCN(C(C)(C)CNC2CCN3CCCC3C2)CC1. The Morgan fingerprint density at radius 1 is 1.00 bits per heavy atom. The molecule has 23 heavy (non-hydrogen) atoms. The summed E-state index contributed by atoms with van der Waals surface area (Å²) in [4.78, 5) is 7.83. The van der Waals surface area contributed by atoms with Gasteiger partial charge in [-0.3, -0.25) is 4.90 Å². The normalized spacial score (nSPS) is 31.7. The number of rotatable bonds is 5. The summed E-state index contributed by atoms with van der Waals surface area (Å²) >= 11 is 0. The lowest BCUT2D eigenvalue weighted by Gasteiger charge is -2.45. The lowest BCUT2D eigenvalue weighted by molar-refractivity contribution is 0.0567. The van der Waals surface area contributed by atoms with E-state index in [1.807, 2.05) is 0 Å². The van der Waals surface area contributed by atoms with Crippen LogP contribution in [0.3, 0.4) is 0 Å². The third-order valence-electron chi connectivity index (χ3n) is 6.69. The van der Waals surface area contributed by atoms with Crippen molar-refractivity contribution in [1.29, 1.82) is 0 Å². The van der Waals surface area contributed by atoms with E-state index in [2.05, 4.69) is 48.0 Å². The second-order valence-corrected chi connectivity index (χ2v) is 8.93. The van der Waals surface area contributed by atoms with E-state index in [0.29, 0.717) is 0 Å². The van der Waals surface area contributed by atoms with Gasteiger partial charge in [-0.15, -0.1) is 0 Å². The molecule has 0 aliphatic carbocycles. The number of hydrogen-bond acceptors (Lipinski definition) is 4. The fourth-order valence-corrected chi connectivity index (χ4v) is 4.90. The zero-order valence-electron chi connectivity index (χ0n) is 15.9. The Bertz CT molecular complexity index is 374. The lowest BCUT2D eigenvalue weighted by Crippen LogP contribution is -2.57. The molecule has 0 aromatic heterocycles. The summed E-state index contributed by atoms with van der Waals surface area (Å²) in [6, 6.07) is 2.40. The Kier molecular flexibility index (Phi) is 5.67. The molecule has 2 atom stereocenters. The molecule has 0 saturated carbocycles. The highest BCUT2D eigenvalue weighted by atomic mass is 15.2. The first-order valence-electron chi connectivity index (χ1n) is 9.84. The summed E-state index contributed by atoms with van der Waals surface area (Å²) in [5.41, 5.74) is 0.282. The number of hydrogen-bond donors (Lipinski definition) is 1. The minimum Gasteiger partial charge on any atom is -0.312 e. The van der Waals surface area contributed by atoms with Crippen LogP contribution < -0.4 is 5.32 Å². The maximum atomic E-state index is 3.93. The van der Waals surface area contributed by atoms with Crippen molar-refractivity contribution in [3.8, 4) is 0 Å². The van der Waals surface area contributed by atoms with E-state index in [1.165, 1.54) is 64.7 Å². The minimum atomic E-state index is 0.282. The summed E-state index contributed by atoms with van der Waals surface area (Å²) in [5.74, 6) is 0. The van der Waals surface area contributed by atoms with Crippen molar-refractivity contribution in [2.45, 2.75) is 76.0 Å². The largest absolute Gasteiger partial charge is 0.312 e. The first-order valence-corrected chi connectivity index (χ1v) is 9.84. The first-order chi connectivity index (χ1) is 11.0. The standard InChI is InChI=1S/C19H38N4/c1-19(2,23-12-8-17(9-13-23)21(3)4)15-20-16-7-11-22-10-5-6-18(22)14-16/h16-18,20H,5-15H2,1-4H3. The van der Waals surface area contributed by atoms with Crippen LogP contribution in [0.15, 0.2) is 0 Å². The van der Waals surface area contributed by atoms with Gasteiger partial charge in [0.05, 0.1) is 0 Å². The maximum Gasteiger partial charge on any atom is 0.0277 e. The third-order valence-corrected chi connectivity index (χ3v) is 6.69. The van der Waals surface area contributed by atoms with E-state index in [0.717, 1.165) is 24.7 Å². The van der Waals surface area contributed by atoms with E-state index in [4.69, 9.17) is 0 Å². The van der Waals surface area contributed by atoms with Crippen molar-refractivity contribution in [3.05, 3.63) is 0 Å². The number of nitrogens with zero attached hydrogens (tertiary/aromatic N) is 3. The highest BCUT2D eigenvalue weighted by Gasteiger charge is 2.34. The highest BCUT2D eigenvalue weighted by molar-refractivity contribution is 4.93. The van der Waals surface area contributed by atoms with Gasteiger partial charge in [0.1, 0.15) is 0 Å². The predicted octanol–water partition coefficient (Wildman–Crippen LogP) is 2.01. The van der Waals surface area contributed by atoms with Crippen LogP contribution in [0.2, 0.25) is 0 Å². The van der Waals surface area contributed by atoms with Gasteiger partial charge in [0.25, 0.3) is 0 Å². The first kappa shape index (κ1) is 17.7. The lowest BCUT2D eigenvalue weighted by atomic mass is 9.93. The Balaban J connectivity index is 1.43. The van der Waals surface area contributed by atoms with Crippen molar-refractivity contribution in [2.75, 3.05) is 46.8 Å². The Morgan fingerprint density at radius 3 is 2.43 bits per heavy atom. The molecule has 3 aliphatic heterocycles. The molecular weight excluding hydrogens is 284 g/mol. The van der Waals surface area contributed by atoms with Crippen molar-refractivity contribution < 1.29 is 0 Å².